The molecule has 3 aromatic carbocycles. The van der Waals surface area contributed by atoms with Crippen molar-refractivity contribution in [2.45, 2.75) is 116 Å². The third-order valence-electron chi connectivity index (χ3n) is 15.5. The highest BCUT2D eigenvalue weighted by atomic mass is 32.1. The Morgan fingerprint density at radius 3 is 2.46 bits per heavy atom. The summed E-state index contributed by atoms with van der Waals surface area (Å²) >= 11 is 1.45. The van der Waals surface area contributed by atoms with Crippen LogP contribution in [0.25, 0.3) is 32.2 Å². The highest BCUT2D eigenvalue weighted by Crippen LogP contribution is 2.37. The normalized spacial score (nSPS) is 16.3. The van der Waals surface area contributed by atoms with Gasteiger partial charge in [0.2, 0.25) is 17.7 Å². The first-order chi connectivity index (χ1) is 39.2. The molecule has 18 nitrogen and oxygen atoms in total. The minimum absolute atomic E-state index is 0.0480. The highest BCUT2D eigenvalue weighted by Gasteiger charge is 2.34. The van der Waals surface area contributed by atoms with E-state index in [1.165, 1.54) is 11.3 Å². The Morgan fingerprint density at radius 2 is 1.70 bits per heavy atom. The van der Waals surface area contributed by atoms with Gasteiger partial charge < -0.3 is 24.4 Å². The molecule has 1 atom stereocenters. The second kappa shape index (κ2) is 24.6. The Morgan fingerprint density at radius 1 is 0.890 bits per heavy atom. The number of hydrogen-bond acceptors (Lipinski definition) is 15. The summed E-state index contributed by atoms with van der Waals surface area (Å²) in [4.78, 5) is 87.1. The summed E-state index contributed by atoms with van der Waals surface area (Å²) in [5.74, 6) is -0.175. The lowest BCUT2D eigenvalue weighted by molar-refractivity contribution is -0.134. The molecular formula is C62H74N10O8SSi. The van der Waals surface area contributed by atoms with E-state index in [1.54, 1.807) is 15.8 Å². The Balaban J connectivity index is 0.764. The zero-order valence-electron chi connectivity index (χ0n) is 48.3. The number of piperidine rings is 2. The number of nitrogens with one attached hydrogen (secondary N) is 2. The van der Waals surface area contributed by atoms with Crippen molar-refractivity contribution in [2.75, 3.05) is 61.2 Å². The van der Waals surface area contributed by atoms with Crippen LogP contribution in [0.4, 0.5) is 16.6 Å². The van der Waals surface area contributed by atoms with Crippen molar-refractivity contribution >= 4 is 86.8 Å². The predicted molar refractivity (Wildman–Crippen MR) is 322 cm³/mol. The number of ether oxygens (including phenoxy) is 3. The molecule has 7 aromatic rings. The van der Waals surface area contributed by atoms with Crippen LogP contribution < -0.4 is 25.2 Å². The van der Waals surface area contributed by atoms with E-state index in [0.717, 1.165) is 93.9 Å². The SMILES string of the molecule is Cc1c(OCCCC2CCN(CC(=O)Nc3ccc4c(C5CCC(=O)NC5=O)nn(C)c4c3)CC2)cccc1-c1ccc(N2CCc3ccnc(C(=O)N(COCC[Si](C)(C)C)c4nc5ccccc5s4)c3C2)nc1C(=O)OC(C)(C)C. The zero-order chi connectivity index (χ0) is 57.9. The molecule has 4 amide bonds. The topological polar surface area (TPSA) is 203 Å². The molecule has 4 aromatic heterocycles. The van der Waals surface area contributed by atoms with Gasteiger partial charge in [0.1, 0.15) is 29.6 Å². The number of carbonyl (C=O) groups excluding carboxylic acids is 5. The van der Waals surface area contributed by atoms with E-state index >= 15 is 0 Å². The van der Waals surface area contributed by atoms with Crippen molar-refractivity contribution in [3.63, 3.8) is 0 Å². The number of anilines is 3. The fourth-order valence-corrected chi connectivity index (χ4v) is 12.7. The number of esters is 1. The van der Waals surface area contributed by atoms with Gasteiger partial charge in [-0.3, -0.25) is 44.0 Å². The summed E-state index contributed by atoms with van der Waals surface area (Å²) in [5.41, 5.74) is 6.81. The summed E-state index contributed by atoms with van der Waals surface area (Å²) in [6, 6.07) is 26.1. The lowest BCUT2D eigenvalue weighted by Gasteiger charge is -2.32. The molecule has 0 saturated carbocycles. The molecule has 7 heterocycles. The Labute approximate surface area is 483 Å². The van der Waals surface area contributed by atoms with E-state index in [9.17, 15) is 24.0 Å². The quantitative estimate of drug-likeness (QED) is 0.0254. The molecule has 3 aliphatic heterocycles. The number of fused-ring (bicyclic) bond motifs is 3. The minimum atomic E-state index is -1.39. The Hall–Kier alpha value is -7.39. The zero-order valence-corrected chi connectivity index (χ0v) is 50.1. The summed E-state index contributed by atoms with van der Waals surface area (Å²) < 4.78 is 21.4. The van der Waals surface area contributed by atoms with E-state index < -0.39 is 25.6 Å². The standard InChI is InChI=1S/C62H74N10O8SSi/c1-39-43(14-11-16-50(39)79-32-12-13-40-25-29-70(30-26-40)37-54(74)64-42-18-19-45-49(35-42)69(5)68-55(45)46-21-23-53(73)67-58(46)75)44-20-22-52(66-57(44)60(77)80-62(2,3)4)71-31-27-41-24-28-63-56(47(41)36-71)59(76)72(38-78-33-34-82(6,7)8)61-65-48-15-9-10-17-51(48)81-61/h9-11,14-20,22,24,28,35,40,46H,12-13,21,23,25-27,29-34,36-38H2,1-8H3,(H,64,74)(H,67,73,75). The van der Waals surface area contributed by atoms with Crippen molar-refractivity contribution in [3.8, 4) is 16.9 Å². The summed E-state index contributed by atoms with van der Waals surface area (Å²) in [5, 5.41) is 11.5. The van der Waals surface area contributed by atoms with Crippen LogP contribution >= 0.6 is 11.3 Å². The smallest absolute Gasteiger partial charge is 0.358 e. The van der Waals surface area contributed by atoms with Gasteiger partial charge in [-0.15, -0.1) is 0 Å². The number of nitrogens with zero attached hydrogens (tertiary/aromatic N) is 8. The van der Waals surface area contributed by atoms with Crippen LogP contribution in [0, 0.1) is 12.8 Å². The van der Waals surface area contributed by atoms with E-state index in [1.807, 2.05) is 114 Å². The van der Waals surface area contributed by atoms with Crippen LogP contribution in [0.5, 0.6) is 5.75 Å². The minimum Gasteiger partial charge on any atom is -0.493 e. The monoisotopic (exact) mass is 1150 g/mol. The number of likely N-dealkylation sites (tertiary alicyclic amines) is 1. The second-order valence-corrected chi connectivity index (χ2v) is 30.6. The lowest BCUT2D eigenvalue weighted by Crippen LogP contribution is -2.39. The molecule has 0 radical (unpaired) electrons. The highest BCUT2D eigenvalue weighted by molar-refractivity contribution is 7.22. The maximum Gasteiger partial charge on any atom is 0.358 e. The van der Waals surface area contributed by atoms with Gasteiger partial charge in [0.05, 0.1) is 40.5 Å². The number of aromatic nitrogens is 5. The molecule has 430 valence electrons. The van der Waals surface area contributed by atoms with Crippen LogP contribution in [0.1, 0.15) is 109 Å². The number of carbonyl (C=O) groups is 5. The van der Waals surface area contributed by atoms with Gasteiger partial charge in [-0.05, 0) is 163 Å². The van der Waals surface area contributed by atoms with Gasteiger partial charge in [-0.2, -0.15) is 5.10 Å². The molecule has 2 fully saturated rings. The maximum atomic E-state index is 14.8. The number of imide groups is 1. The van der Waals surface area contributed by atoms with E-state index in [-0.39, 0.29) is 42.5 Å². The number of pyridine rings is 2. The molecule has 0 aliphatic carbocycles. The van der Waals surface area contributed by atoms with Crippen LogP contribution in [-0.2, 0) is 43.9 Å². The van der Waals surface area contributed by atoms with Gasteiger partial charge in [0.25, 0.3) is 5.91 Å². The molecular weight excluding hydrogens is 1070 g/mol. The average Bonchev–Trinajstić information content (AvgIpc) is 4.21. The van der Waals surface area contributed by atoms with Crippen molar-refractivity contribution < 1.29 is 38.2 Å². The molecule has 10 rings (SSSR count). The van der Waals surface area contributed by atoms with Gasteiger partial charge in [0.15, 0.2) is 10.8 Å². The first-order valence-corrected chi connectivity index (χ1v) is 33.0. The first kappa shape index (κ1) is 57.8. The van der Waals surface area contributed by atoms with Crippen LogP contribution in [-0.4, -0.2) is 119 Å². The molecule has 82 heavy (non-hydrogen) atoms. The van der Waals surface area contributed by atoms with Crippen LogP contribution in [0.3, 0.4) is 0 Å². The van der Waals surface area contributed by atoms with E-state index in [0.29, 0.717) is 85.2 Å². The number of para-hydroxylation sites is 1. The third kappa shape index (κ3) is 13.6. The Kier molecular flexibility index (Phi) is 17.3. The summed E-state index contributed by atoms with van der Waals surface area (Å²) in [6.07, 6.45) is 6.87. The van der Waals surface area contributed by atoms with Crippen LogP contribution in [0.2, 0.25) is 25.7 Å². The average molecular weight is 1150 g/mol. The summed E-state index contributed by atoms with van der Waals surface area (Å²) in [6.45, 7) is 18.4. The summed E-state index contributed by atoms with van der Waals surface area (Å²) in [7, 11) is 0.424. The third-order valence-corrected chi connectivity index (χ3v) is 18.3. The van der Waals surface area contributed by atoms with Gasteiger partial charge in [0, 0.05) is 69.6 Å². The lowest BCUT2D eigenvalue weighted by atomic mass is 9.92. The number of hydrogen-bond donors (Lipinski definition) is 2. The molecule has 1 unspecified atom stereocenters. The van der Waals surface area contributed by atoms with Gasteiger partial charge >= 0.3 is 5.97 Å². The van der Waals surface area contributed by atoms with Gasteiger partial charge in [-0.25, -0.2) is 14.8 Å². The fraction of sp³-hybridized carbons (Fsp3) is 0.435. The van der Waals surface area contributed by atoms with Crippen molar-refractivity contribution in [1.29, 1.82) is 0 Å². The molecule has 20 heteroatoms. The number of benzene rings is 3. The molecule has 2 saturated heterocycles. The fourth-order valence-electron chi connectivity index (χ4n) is 11.0. The first-order valence-electron chi connectivity index (χ1n) is 28.5. The Bertz CT molecular complexity index is 3510. The van der Waals surface area contributed by atoms with Crippen LogP contribution in [0.15, 0.2) is 85.1 Å². The van der Waals surface area contributed by atoms with E-state index in [2.05, 4.69) is 45.2 Å². The van der Waals surface area contributed by atoms with Crippen molar-refractivity contribution in [2.24, 2.45) is 13.0 Å². The van der Waals surface area contributed by atoms with Crippen molar-refractivity contribution in [3.05, 3.63) is 119 Å². The van der Waals surface area contributed by atoms with Gasteiger partial charge in [-0.1, -0.05) is 55.2 Å². The number of aryl methyl sites for hydroxylation is 1. The number of amides is 4. The predicted octanol–water partition coefficient (Wildman–Crippen LogP) is 10.5. The molecule has 3 aliphatic rings. The number of rotatable bonds is 19. The largest absolute Gasteiger partial charge is 0.493 e. The molecule has 0 bridgehead atoms. The maximum absolute atomic E-state index is 14.8. The van der Waals surface area contributed by atoms with E-state index in [4.69, 9.17) is 29.2 Å². The van der Waals surface area contributed by atoms with Crippen molar-refractivity contribution in [1.82, 2.24) is 34.9 Å². The second-order valence-electron chi connectivity index (χ2n) is 24.0. The molecule has 2 N–H and O–H groups in total. The molecule has 0 spiro atoms. The number of thiazole rings is 1.